The summed E-state index contributed by atoms with van der Waals surface area (Å²) in [5, 5.41) is 3.63. The Hall–Kier alpha value is -0.740. The third-order valence-electron chi connectivity index (χ3n) is 4.86. The molecule has 1 fully saturated rings. The molecule has 2 aliphatic rings. The van der Waals surface area contributed by atoms with E-state index in [1.165, 1.54) is 31.2 Å². The van der Waals surface area contributed by atoms with Gasteiger partial charge in [-0.15, -0.1) is 0 Å². The summed E-state index contributed by atoms with van der Waals surface area (Å²) in [5.41, 5.74) is 1.81. The second kappa shape index (κ2) is 6.57. The van der Waals surface area contributed by atoms with Crippen LogP contribution in [0.5, 0.6) is 11.5 Å². The molecule has 1 heterocycles. The van der Waals surface area contributed by atoms with Crippen LogP contribution in [0, 0.1) is 5.41 Å². The van der Waals surface area contributed by atoms with Crippen molar-refractivity contribution in [2.45, 2.75) is 45.6 Å². The lowest BCUT2D eigenvalue weighted by Crippen LogP contribution is -2.39. The van der Waals surface area contributed by atoms with Gasteiger partial charge in [-0.1, -0.05) is 13.3 Å². The first-order valence-corrected chi connectivity index (χ1v) is 8.80. The van der Waals surface area contributed by atoms with Gasteiger partial charge in [0.25, 0.3) is 0 Å². The van der Waals surface area contributed by atoms with Crippen LogP contribution in [0.3, 0.4) is 0 Å². The summed E-state index contributed by atoms with van der Waals surface area (Å²) in [7, 11) is 0. The number of hydrogen-bond donors (Lipinski definition) is 1. The van der Waals surface area contributed by atoms with Gasteiger partial charge in [0.15, 0.2) is 11.5 Å². The molecule has 4 heteroatoms. The van der Waals surface area contributed by atoms with Crippen molar-refractivity contribution >= 4 is 15.9 Å². The van der Waals surface area contributed by atoms with Crippen LogP contribution < -0.4 is 14.8 Å². The minimum atomic E-state index is 0.558. The third kappa shape index (κ3) is 3.37. The molecule has 0 saturated heterocycles. The minimum absolute atomic E-state index is 0.558. The van der Waals surface area contributed by atoms with Gasteiger partial charge in [0, 0.05) is 19.5 Å². The molecule has 0 aromatic heterocycles. The van der Waals surface area contributed by atoms with Crippen LogP contribution in [0.15, 0.2) is 16.6 Å². The van der Waals surface area contributed by atoms with Crippen molar-refractivity contribution in [2.75, 3.05) is 19.8 Å². The molecular weight excluding hydrogens is 330 g/mol. The summed E-state index contributed by atoms with van der Waals surface area (Å²) in [6, 6.07) is 4.25. The van der Waals surface area contributed by atoms with E-state index in [2.05, 4.69) is 40.3 Å². The SMILES string of the molecule is CCC1(CNCc2cc(Br)c3c(c2)OCCCO3)CCC1. The summed E-state index contributed by atoms with van der Waals surface area (Å²) < 4.78 is 12.5. The lowest BCUT2D eigenvalue weighted by atomic mass is 9.67. The van der Waals surface area contributed by atoms with Gasteiger partial charge in [-0.3, -0.25) is 0 Å². The first kappa shape index (κ1) is 15.2. The lowest BCUT2D eigenvalue weighted by molar-refractivity contribution is 0.124. The highest BCUT2D eigenvalue weighted by atomic mass is 79.9. The zero-order chi connectivity index (χ0) is 14.7. The third-order valence-corrected chi connectivity index (χ3v) is 5.44. The largest absolute Gasteiger partial charge is 0.490 e. The Kier molecular flexibility index (Phi) is 4.75. The van der Waals surface area contributed by atoms with Gasteiger partial charge in [0.1, 0.15) is 0 Å². The predicted molar refractivity (Wildman–Crippen MR) is 88.0 cm³/mol. The van der Waals surface area contributed by atoms with Crippen molar-refractivity contribution in [3.63, 3.8) is 0 Å². The number of nitrogens with one attached hydrogen (secondary N) is 1. The highest BCUT2D eigenvalue weighted by Gasteiger charge is 2.34. The van der Waals surface area contributed by atoms with Crippen molar-refractivity contribution in [1.29, 1.82) is 0 Å². The van der Waals surface area contributed by atoms with E-state index in [-0.39, 0.29) is 0 Å². The smallest absolute Gasteiger partial charge is 0.175 e. The summed E-state index contributed by atoms with van der Waals surface area (Å²) >= 11 is 3.60. The number of ether oxygens (including phenoxy) is 2. The Bertz CT molecular complexity index is 494. The van der Waals surface area contributed by atoms with Gasteiger partial charge in [-0.2, -0.15) is 0 Å². The number of halogens is 1. The van der Waals surface area contributed by atoms with Crippen LogP contribution in [0.2, 0.25) is 0 Å². The molecule has 1 aromatic rings. The first-order chi connectivity index (χ1) is 10.2. The van der Waals surface area contributed by atoms with Crippen LogP contribution >= 0.6 is 15.9 Å². The van der Waals surface area contributed by atoms with Gasteiger partial charge in [0.2, 0.25) is 0 Å². The van der Waals surface area contributed by atoms with E-state index in [9.17, 15) is 0 Å². The zero-order valence-electron chi connectivity index (χ0n) is 12.7. The van der Waals surface area contributed by atoms with Crippen LogP contribution in [-0.4, -0.2) is 19.8 Å². The molecular formula is C17H24BrNO2. The molecule has 0 atom stereocenters. The maximum Gasteiger partial charge on any atom is 0.175 e. The van der Waals surface area contributed by atoms with E-state index in [4.69, 9.17) is 9.47 Å². The molecule has 1 aromatic carbocycles. The Balaban J connectivity index is 1.63. The molecule has 0 unspecified atom stereocenters. The molecule has 1 N–H and O–H groups in total. The van der Waals surface area contributed by atoms with E-state index in [1.54, 1.807) is 0 Å². The minimum Gasteiger partial charge on any atom is -0.490 e. The van der Waals surface area contributed by atoms with Crippen molar-refractivity contribution in [2.24, 2.45) is 5.41 Å². The van der Waals surface area contributed by atoms with Crippen LogP contribution in [0.1, 0.15) is 44.6 Å². The Morgan fingerprint density at radius 3 is 2.71 bits per heavy atom. The van der Waals surface area contributed by atoms with Crippen molar-refractivity contribution in [3.8, 4) is 11.5 Å². The van der Waals surface area contributed by atoms with Gasteiger partial charge < -0.3 is 14.8 Å². The summed E-state index contributed by atoms with van der Waals surface area (Å²) in [6.07, 6.45) is 6.37. The van der Waals surface area contributed by atoms with Gasteiger partial charge >= 0.3 is 0 Å². The van der Waals surface area contributed by atoms with Gasteiger partial charge in [0.05, 0.1) is 17.7 Å². The molecule has 0 bridgehead atoms. The Morgan fingerprint density at radius 2 is 2.00 bits per heavy atom. The molecule has 1 aliphatic heterocycles. The summed E-state index contributed by atoms with van der Waals surface area (Å²) in [6.45, 7) is 5.77. The molecule has 21 heavy (non-hydrogen) atoms. The fourth-order valence-electron chi connectivity index (χ4n) is 3.19. The Morgan fingerprint density at radius 1 is 1.19 bits per heavy atom. The number of benzene rings is 1. The fraction of sp³-hybridized carbons (Fsp3) is 0.647. The normalized spacial score (nSPS) is 19.7. The molecule has 1 aliphatic carbocycles. The maximum absolute atomic E-state index is 5.79. The number of fused-ring (bicyclic) bond motifs is 1. The first-order valence-electron chi connectivity index (χ1n) is 8.01. The topological polar surface area (TPSA) is 30.5 Å². The molecule has 3 nitrogen and oxygen atoms in total. The lowest BCUT2D eigenvalue weighted by Gasteiger charge is -2.41. The number of hydrogen-bond acceptors (Lipinski definition) is 3. The molecule has 0 radical (unpaired) electrons. The second-order valence-electron chi connectivity index (χ2n) is 6.27. The fourth-order valence-corrected chi connectivity index (χ4v) is 3.79. The number of rotatable bonds is 5. The molecule has 3 rings (SSSR count). The van der Waals surface area contributed by atoms with Crippen molar-refractivity contribution < 1.29 is 9.47 Å². The van der Waals surface area contributed by atoms with E-state index < -0.39 is 0 Å². The molecule has 1 saturated carbocycles. The molecule has 116 valence electrons. The van der Waals surface area contributed by atoms with Crippen molar-refractivity contribution in [1.82, 2.24) is 5.32 Å². The zero-order valence-corrected chi connectivity index (χ0v) is 14.3. The standard InChI is InChI=1S/C17H24BrNO2/c1-2-17(5-3-6-17)12-19-11-13-9-14(18)16-15(10-13)20-7-4-8-21-16/h9-10,19H,2-8,11-12H2,1H3. The predicted octanol–water partition coefficient (Wildman–Crippen LogP) is 4.28. The van der Waals surface area contributed by atoms with E-state index in [0.717, 1.165) is 48.7 Å². The summed E-state index contributed by atoms with van der Waals surface area (Å²) in [5.74, 6) is 1.72. The second-order valence-corrected chi connectivity index (χ2v) is 7.12. The average Bonchev–Trinajstić information content (AvgIpc) is 2.67. The maximum atomic E-state index is 5.79. The highest BCUT2D eigenvalue weighted by molar-refractivity contribution is 9.10. The van der Waals surface area contributed by atoms with Gasteiger partial charge in [-0.05, 0) is 58.3 Å². The van der Waals surface area contributed by atoms with E-state index in [0.29, 0.717) is 5.41 Å². The van der Waals surface area contributed by atoms with E-state index >= 15 is 0 Å². The average molecular weight is 354 g/mol. The Labute approximate surface area is 135 Å². The summed E-state index contributed by atoms with van der Waals surface area (Å²) in [4.78, 5) is 0. The quantitative estimate of drug-likeness (QED) is 0.856. The van der Waals surface area contributed by atoms with Crippen molar-refractivity contribution in [3.05, 3.63) is 22.2 Å². The molecule has 0 spiro atoms. The van der Waals surface area contributed by atoms with Crippen LogP contribution in [0.4, 0.5) is 0 Å². The van der Waals surface area contributed by atoms with Crippen LogP contribution in [0.25, 0.3) is 0 Å². The monoisotopic (exact) mass is 353 g/mol. The highest BCUT2D eigenvalue weighted by Crippen LogP contribution is 2.43. The van der Waals surface area contributed by atoms with E-state index in [1.807, 2.05) is 0 Å². The van der Waals surface area contributed by atoms with Crippen LogP contribution in [-0.2, 0) is 6.54 Å². The van der Waals surface area contributed by atoms with Gasteiger partial charge in [-0.25, -0.2) is 0 Å². The molecule has 0 amide bonds.